The summed E-state index contributed by atoms with van der Waals surface area (Å²) in [7, 11) is 0. The number of amides is 1. The molecule has 1 aliphatic rings. The van der Waals surface area contributed by atoms with Crippen molar-refractivity contribution in [2.75, 3.05) is 0 Å². The SMILES string of the molecule is O=C(NC1CCCCC1)c1c(Br)ccc(F)c1F. The molecule has 2 nitrogen and oxygen atoms in total. The predicted octanol–water partition coefficient (Wildman–Crippen LogP) is 3.79. The number of hydrogen-bond donors (Lipinski definition) is 1. The molecule has 2 rings (SSSR count). The van der Waals surface area contributed by atoms with Crippen LogP contribution >= 0.6 is 15.9 Å². The van der Waals surface area contributed by atoms with E-state index in [9.17, 15) is 13.6 Å². The van der Waals surface area contributed by atoms with Crippen LogP contribution in [0.25, 0.3) is 0 Å². The Kier molecular flexibility index (Phi) is 4.32. The third-order valence-corrected chi connectivity index (χ3v) is 3.87. The van der Waals surface area contributed by atoms with Crippen LogP contribution in [-0.4, -0.2) is 11.9 Å². The Balaban J connectivity index is 2.15. The maximum absolute atomic E-state index is 13.6. The largest absolute Gasteiger partial charge is 0.349 e. The fourth-order valence-electron chi connectivity index (χ4n) is 2.24. The van der Waals surface area contributed by atoms with Crippen molar-refractivity contribution < 1.29 is 13.6 Å². The van der Waals surface area contributed by atoms with Gasteiger partial charge < -0.3 is 5.32 Å². The van der Waals surface area contributed by atoms with Crippen molar-refractivity contribution >= 4 is 21.8 Å². The number of carbonyl (C=O) groups excluding carboxylic acids is 1. The second kappa shape index (κ2) is 5.78. The van der Waals surface area contributed by atoms with E-state index in [0.717, 1.165) is 31.7 Å². The van der Waals surface area contributed by atoms with Crippen LogP contribution in [0.3, 0.4) is 0 Å². The Bertz CT molecular complexity index is 459. The van der Waals surface area contributed by atoms with E-state index >= 15 is 0 Å². The van der Waals surface area contributed by atoms with Crippen molar-refractivity contribution in [2.45, 2.75) is 38.1 Å². The number of hydrogen-bond acceptors (Lipinski definition) is 1. The maximum atomic E-state index is 13.6. The van der Waals surface area contributed by atoms with Gasteiger partial charge in [0.2, 0.25) is 0 Å². The number of benzene rings is 1. The Morgan fingerprint density at radius 2 is 1.89 bits per heavy atom. The van der Waals surface area contributed by atoms with Crippen LogP contribution in [0.4, 0.5) is 8.78 Å². The molecule has 0 heterocycles. The summed E-state index contributed by atoms with van der Waals surface area (Å²) >= 11 is 3.08. The molecule has 5 heteroatoms. The molecule has 1 amide bonds. The van der Waals surface area contributed by atoms with Gasteiger partial charge in [0, 0.05) is 10.5 Å². The molecule has 18 heavy (non-hydrogen) atoms. The molecule has 1 aromatic carbocycles. The highest BCUT2D eigenvalue weighted by Crippen LogP contribution is 2.23. The fourth-order valence-corrected chi connectivity index (χ4v) is 2.73. The molecular formula is C13H14BrF2NO. The summed E-state index contributed by atoms with van der Waals surface area (Å²) in [5, 5.41) is 2.77. The zero-order valence-corrected chi connectivity index (χ0v) is 11.4. The van der Waals surface area contributed by atoms with Gasteiger partial charge in [-0.3, -0.25) is 4.79 Å². The van der Waals surface area contributed by atoms with Gasteiger partial charge in [-0.2, -0.15) is 0 Å². The highest BCUT2D eigenvalue weighted by molar-refractivity contribution is 9.10. The number of rotatable bonds is 2. The predicted molar refractivity (Wildman–Crippen MR) is 68.4 cm³/mol. The average molecular weight is 318 g/mol. The van der Waals surface area contributed by atoms with Gasteiger partial charge in [-0.1, -0.05) is 19.3 Å². The lowest BCUT2D eigenvalue weighted by atomic mass is 9.95. The van der Waals surface area contributed by atoms with Gasteiger partial charge >= 0.3 is 0 Å². The number of carbonyl (C=O) groups is 1. The summed E-state index contributed by atoms with van der Waals surface area (Å²) in [6.45, 7) is 0. The first-order valence-corrected chi connectivity index (χ1v) is 6.83. The summed E-state index contributed by atoms with van der Waals surface area (Å²) < 4.78 is 27.0. The molecular weight excluding hydrogens is 304 g/mol. The molecule has 0 saturated heterocycles. The van der Waals surface area contributed by atoms with Crippen LogP contribution in [0.2, 0.25) is 0 Å². The van der Waals surface area contributed by atoms with E-state index in [1.165, 1.54) is 12.5 Å². The Morgan fingerprint density at radius 1 is 1.22 bits per heavy atom. The Morgan fingerprint density at radius 3 is 2.56 bits per heavy atom. The van der Waals surface area contributed by atoms with Crippen LogP contribution in [0.5, 0.6) is 0 Å². The lowest BCUT2D eigenvalue weighted by Gasteiger charge is -2.23. The smallest absolute Gasteiger partial charge is 0.255 e. The first-order valence-electron chi connectivity index (χ1n) is 6.04. The Labute approximate surface area is 113 Å². The van der Waals surface area contributed by atoms with Gasteiger partial charge in [-0.25, -0.2) is 8.78 Å². The van der Waals surface area contributed by atoms with Crippen molar-refractivity contribution in [1.29, 1.82) is 0 Å². The van der Waals surface area contributed by atoms with Crippen molar-refractivity contribution in [3.05, 3.63) is 33.8 Å². The molecule has 0 atom stereocenters. The maximum Gasteiger partial charge on any atom is 0.255 e. The summed E-state index contributed by atoms with van der Waals surface area (Å²) in [6, 6.07) is 2.41. The standard InChI is InChI=1S/C13H14BrF2NO/c14-9-6-7-10(15)12(16)11(9)13(18)17-8-4-2-1-3-5-8/h6-8H,1-5H2,(H,17,18). The van der Waals surface area contributed by atoms with E-state index in [2.05, 4.69) is 21.2 Å². The minimum absolute atomic E-state index is 0.0702. The van der Waals surface area contributed by atoms with Crippen LogP contribution < -0.4 is 5.32 Å². The van der Waals surface area contributed by atoms with E-state index in [4.69, 9.17) is 0 Å². The summed E-state index contributed by atoms with van der Waals surface area (Å²) in [6.07, 6.45) is 5.11. The molecule has 1 aliphatic carbocycles. The zero-order valence-electron chi connectivity index (χ0n) is 9.81. The molecule has 1 saturated carbocycles. The number of halogens is 3. The van der Waals surface area contributed by atoms with Crippen molar-refractivity contribution in [1.82, 2.24) is 5.32 Å². The van der Waals surface area contributed by atoms with Gasteiger partial charge in [0.1, 0.15) is 0 Å². The van der Waals surface area contributed by atoms with Gasteiger partial charge in [-0.05, 0) is 40.9 Å². The van der Waals surface area contributed by atoms with Crippen molar-refractivity contribution in [3.63, 3.8) is 0 Å². The molecule has 0 radical (unpaired) electrons. The molecule has 0 spiro atoms. The van der Waals surface area contributed by atoms with Gasteiger partial charge in [0.05, 0.1) is 5.56 Å². The molecule has 0 bridgehead atoms. The third kappa shape index (κ3) is 2.88. The highest BCUT2D eigenvalue weighted by Gasteiger charge is 2.22. The van der Waals surface area contributed by atoms with Crippen molar-refractivity contribution in [2.24, 2.45) is 0 Å². The second-order valence-electron chi connectivity index (χ2n) is 4.53. The first kappa shape index (κ1) is 13.5. The van der Waals surface area contributed by atoms with E-state index in [1.807, 2.05) is 0 Å². The van der Waals surface area contributed by atoms with Crippen molar-refractivity contribution in [3.8, 4) is 0 Å². The van der Waals surface area contributed by atoms with Crippen LogP contribution in [0.15, 0.2) is 16.6 Å². The first-order chi connectivity index (χ1) is 8.59. The van der Waals surface area contributed by atoms with Crippen LogP contribution in [0.1, 0.15) is 42.5 Å². The lowest BCUT2D eigenvalue weighted by Crippen LogP contribution is -2.36. The Hall–Kier alpha value is -0.970. The highest BCUT2D eigenvalue weighted by atomic mass is 79.9. The quantitative estimate of drug-likeness (QED) is 0.826. The van der Waals surface area contributed by atoms with E-state index in [1.54, 1.807) is 0 Å². The van der Waals surface area contributed by atoms with Gasteiger partial charge in [0.25, 0.3) is 5.91 Å². The zero-order chi connectivity index (χ0) is 13.1. The fraction of sp³-hybridized carbons (Fsp3) is 0.462. The monoisotopic (exact) mass is 317 g/mol. The van der Waals surface area contributed by atoms with Crippen LogP contribution in [-0.2, 0) is 0 Å². The third-order valence-electron chi connectivity index (χ3n) is 3.21. The minimum Gasteiger partial charge on any atom is -0.349 e. The summed E-state index contributed by atoms with van der Waals surface area (Å²) in [5.41, 5.74) is -0.249. The molecule has 1 N–H and O–H groups in total. The molecule has 1 aromatic rings. The average Bonchev–Trinajstić information content (AvgIpc) is 2.36. The molecule has 0 unspecified atom stereocenters. The normalized spacial score (nSPS) is 16.6. The lowest BCUT2D eigenvalue weighted by molar-refractivity contribution is 0.0921. The molecule has 0 aliphatic heterocycles. The van der Waals surface area contributed by atoms with E-state index in [0.29, 0.717) is 0 Å². The summed E-state index contributed by atoms with van der Waals surface area (Å²) in [4.78, 5) is 12.0. The summed E-state index contributed by atoms with van der Waals surface area (Å²) in [5.74, 6) is -2.66. The minimum atomic E-state index is -1.10. The topological polar surface area (TPSA) is 29.1 Å². The van der Waals surface area contributed by atoms with Gasteiger partial charge in [-0.15, -0.1) is 0 Å². The van der Waals surface area contributed by atoms with E-state index < -0.39 is 17.5 Å². The van der Waals surface area contributed by atoms with Gasteiger partial charge in [0.15, 0.2) is 11.6 Å². The number of nitrogens with one attached hydrogen (secondary N) is 1. The van der Waals surface area contributed by atoms with Crippen LogP contribution in [0, 0.1) is 11.6 Å². The van der Waals surface area contributed by atoms with E-state index in [-0.39, 0.29) is 16.1 Å². The second-order valence-corrected chi connectivity index (χ2v) is 5.38. The molecule has 98 valence electrons. The molecule has 0 aromatic heterocycles. The molecule has 1 fully saturated rings.